The van der Waals surface area contributed by atoms with Crippen molar-refractivity contribution in [2.24, 2.45) is 0 Å². The second kappa shape index (κ2) is 13.3. The van der Waals surface area contributed by atoms with E-state index in [0.29, 0.717) is 12.3 Å². The molecule has 1 aromatic carbocycles. The molecule has 0 aliphatic carbocycles. The minimum atomic E-state index is -0.460. The standard InChI is InChI=1S/C19H26ClNO4/c1-24-18(22)13-8-12-17(11-6-3-7-14-20)21-19(23)25-15-16-9-4-2-5-10-16/h2,4-5,8-10,13,17H,3,6-7,11-12,14-15H2,1H3,(H,21,23)/b13-8+. The molecule has 0 saturated carbocycles. The Morgan fingerprint density at radius 2 is 1.96 bits per heavy atom. The number of hydrogen-bond acceptors (Lipinski definition) is 4. The number of esters is 1. The predicted octanol–water partition coefficient (Wildman–Crippen LogP) is 4.20. The van der Waals surface area contributed by atoms with E-state index >= 15 is 0 Å². The lowest BCUT2D eigenvalue weighted by molar-refractivity contribution is -0.134. The van der Waals surface area contributed by atoms with E-state index in [1.165, 1.54) is 13.2 Å². The first-order valence-corrected chi connectivity index (χ1v) is 8.96. The zero-order valence-electron chi connectivity index (χ0n) is 14.6. The maximum absolute atomic E-state index is 12.0. The second-order valence-electron chi connectivity index (χ2n) is 5.60. The molecule has 1 amide bonds. The fraction of sp³-hybridized carbons (Fsp3) is 0.474. The normalized spacial score (nSPS) is 11.9. The molecule has 0 aromatic heterocycles. The molecule has 0 heterocycles. The quantitative estimate of drug-likeness (QED) is 0.275. The molecular formula is C19H26ClNO4. The van der Waals surface area contributed by atoms with Crippen LogP contribution in [0.1, 0.15) is 37.7 Å². The third-order valence-electron chi connectivity index (χ3n) is 3.60. The maximum atomic E-state index is 12.0. The molecule has 5 nitrogen and oxygen atoms in total. The van der Waals surface area contributed by atoms with Crippen molar-refractivity contribution < 1.29 is 19.1 Å². The van der Waals surface area contributed by atoms with Gasteiger partial charge in [-0.25, -0.2) is 9.59 Å². The summed E-state index contributed by atoms with van der Waals surface area (Å²) in [5.74, 6) is 0.229. The van der Waals surface area contributed by atoms with Crippen LogP contribution < -0.4 is 5.32 Å². The monoisotopic (exact) mass is 367 g/mol. The van der Waals surface area contributed by atoms with Crippen LogP contribution in [0.3, 0.4) is 0 Å². The van der Waals surface area contributed by atoms with Crippen LogP contribution >= 0.6 is 11.6 Å². The first-order chi connectivity index (χ1) is 12.2. The van der Waals surface area contributed by atoms with E-state index < -0.39 is 12.1 Å². The number of carbonyl (C=O) groups is 2. The molecule has 0 radical (unpaired) electrons. The Balaban J connectivity index is 2.44. The van der Waals surface area contributed by atoms with Gasteiger partial charge in [0.2, 0.25) is 0 Å². The number of ether oxygens (including phenoxy) is 2. The van der Waals surface area contributed by atoms with E-state index in [9.17, 15) is 9.59 Å². The van der Waals surface area contributed by atoms with Crippen LogP contribution in [0, 0.1) is 0 Å². The number of methoxy groups -OCH3 is 1. The smallest absolute Gasteiger partial charge is 0.407 e. The van der Waals surface area contributed by atoms with Crippen LogP contribution in [0.2, 0.25) is 0 Å². The molecule has 0 spiro atoms. The lowest BCUT2D eigenvalue weighted by Crippen LogP contribution is -2.35. The van der Waals surface area contributed by atoms with Gasteiger partial charge in [0.25, 0.3) is 0 Å². The number of amides is 1. The van der Waals surface area contributed by atoms with Crippen LogP contribution in [0.5, 0.6) is 0 Å². The van der Waals surface area contributed by atoms with Gasteiger partial charge in [-0.3, -0.25) is 0 Å². The highest BCUT2D eigenvalue weighted by molar-refractivity contribution is 6.17. The zero-order valence-corrected chi connectivity index (χ0v) is 15.3. The molecule has 1 aromatic rings. The van der Waals surface area contributed by atoms with E-state index in [0.717, 1.165) is 31.2 Å². The summed E-state index contributed by atoms with van der Waals surface area (Å²) >= 11 is 5.68. The Bertz CT molecular complexity index is 533. The van der Waals surface area contributed by atoms with Crippen LogP contribution in [-0.2, 0) is 20.9 Å². The van der Waals surface area contributed by atoms with Crippen molar-refractivity contribution in [3.63, 3.8) is 0 Å². The number of carbonyl (C=O) groups excluding carboxylic acids is 2. The Hall–Kier alpha value is -2.01. The fourth-order valence-electron chi connectivity index (χ4n) is 2.24. The number of unbranched alkanes of at least 4 members (excludes halogenated alkanes) is 2. The number of halogens is 1. The molecule has 138 valence electrons. The summed E-state index contributed by atoms with van der Waals surface area (Å²) in [6, 6.07) is 9.40. The van der Waals surface area contributed by atoms with Gasteiger partial charge in [-0.1, -0.05) is 49.2 Å². The van der Waals surface area contributed by atoms with Crippen molar-refractivity contribution in [2.75, 3.05) is 13.0 Å². The van der Waals surface area contributed by atoms with Crippen molar-refractivity contribution >= 4 is 23.7 Å². The number of alkyl halides is 1. The average molecular weight is 368 g/mol. The molecular weight excluding hydrogens is 342 g/mol. The third-order valence-corrected chi connectivity index (χ3v) is 3.86. The molecule has 1 unspecified atom stereocenters. The average Bonchev–Trinajstić information content (AvgIpc) is 2.64. The van der Waals surface area contributed by atoms with Gasteiger partial charge in [-0.15, -0.1) is 11.6 Å². The van der Waals surface area contributed by atoms with Gasteiger partial charge >= 0.3 is 12.1 Å². The van der Waals surface area contributed by atoms with Crippen molar-refractivity contribution in [1.29, 1.82) is 0 Å². The molecule has 6 heteroatoms. The van der Waals surface area contributed by atoms with Gasteiger partial charge in [-0.05, 0) is 24.8 Å². The Morgan fingerprint density at radius 3 is 2.64 bits per heavy atom. The lowest BCUT2D eigenvalue weighted by Gasteiger charge is -2.17. The maximum Gasteiger partial charge on any atom is 0.407 e. The van der Waals surface area contributed by atoms with Gasteiger partial charge in [0.05, 0.1) is 7.11 Å². The highest BCUT2D eigenvalue weighted by atomic mass is 35.5. The van der Waals surface area contributed by atoms with E-state index in [-0.39, 0.29) is 12.6 Å². The van der Waals surface area contributed by atoms with E-state index in [2.05, 4.69) is 10.1 Å². The summed E-state index contributed by atoms with van der Waals surface area (Å²) in [7, 11) is 1.33. The number of hydrogen-bond donors (Lipinski definition) is 1. The third kappa shape index (κ3) is 10.5. The van der Waals surface area contributed by atoms with Gasteiger partial charge in [0.15, 0.2) is 0 Å². The van der Waals surface area contributed by atoms with Gasteiger partial charge in [0, 0.05) is 18.0 Å². The van der Waals surface area contributed by atoms with Crippen molar-refractivity contribution in [3.8, 4) is 0 Å². The number of benzene rings is 1. The van der Waals surface area contributed by atoms with Gasteiger partial charge in [0.1, 0.15) is 6.61 Å². The van der Waals surface area contributed by atoms with Crippen molar-refractivity contribution in [1.82, 2.24) is 5.32 Å². The molecule has 25 heavy (non-hydrogen) atoms. The SMILES string of the molecule is COC(=O)/C=C/CC(CCCCCCl)NC(=O)OCc1ccccc1. The molecule has 1 rings (SSSR count). The van der Waals surface area contributed by atoms with E-state index in [4.69, 9.17) is 16.3 Å². The molecule has 0 aliphatic heterocycles. The van der Waals surface area contributed by atoms with E-state index in [1.807, 2.05) is 30.3 Å². The van der Waals surface area contributed by atoms with Crippen LogP contribution in [0.15, 0.2) is 42.5 Å². The van der Waals surface area contributed by atoms with Crippen LogP contribution in [0.25, 0.3) is 0 Å². The number of alkyl carbamates (subject to hydrolysis) is 1. The van der Waals surface area contributed by atoms with Gasteiger partial charge in [-0.2, -0.15) is 0 Å². The minimum Gasteiger partial charge on any atom is -0.466 e. The minimum absolute atomic E-state index is 0.0977. The molecule has 0 bridgehead atoms. The van der Waals surface area contributed by atoms with E-state index in [1.54, 1.807) is 6.08 Å². The largest absolute Gasteiger partial charge is 0.466 e. The fourth-order valence-corrected chi connectivity index (χ4v) is 2.43. The van der Waals surface area contributed by atoms with Gasteiger partial charge < -0.3 is 14.8 Å². The molecule has 0 aliphatic rings. The predicted molar refractivity (Wildman–Crippen MR) is 98.5 cm³/mol. The Morgan fingerprint density at radius 1 is 1.20 bits per heavy atom. The summed E-state index contributed by atoms with van der Waals surface area (Å²) in [5.41, 5.74) is 0.932. The summed E-state index contributed by atoms with van der Waals surface area (Å²) in [5, 5.41) is 2.86. The van der Waals surface area contributed by atoms with Crippen LogP contribution in [0.4, 0.5) is 4.79 Å². The summed E-state index contributed by atoms with van der Waals surface area (Å²) in [6.07, 6.45) is 6.84. The van der Waals surface area contributed by atoms with Crippen LogP contribution in [-0.4, -0.2) is 31.1 Å². The topological polar surface area (TPSA) is 64.6 Å². The highest BCUT2D eigenvalue weighted by Crippen LogP contribution is 2.09. The lowest BCUT2D eigenvalue weighted by atomic mass is 10.1. The van der Waals surface area contributed by atoms with Crippen molar-refractivity contribution in [3.05, 3.63) is 48.0 Å². The number of nitrogens with one attached hydrogen (secondary N) is 1. The summed E-state index contributed by atoms with van der Waals surface area (Å²) < 4.78 is 9.81. The molecule has 1 atom stereocenters. The highest BCUT2D eigenvalue weighted by Gasteiger charge is 2.12. The number of rotatable bonds is 11. The van der Waals surface area contributed by atoms with Crippen molar-refractivity contribution in [2.45, 2.75) is 44.8 Å². The first-order valence-electron chi connectivity index (χ1n) is 8.43. The molecule has 1 N–H and O–H groups in total. The zero-order chi connectivity index (χ0) is 18.3. The molecule has 0 saturated heterocycles. The summed E-state index contributed by atoms with van der Waals surface area (Å²) in [4.78, 5) is 23.1. The Labute approximate surface area is 154 Å². The summed E-state index contributed by atoms with van der Waals surface area (Å²) in [6.45, 7) is 0.226. The first kappa shape index (κ1) is 21.0. The second-order valence-corrected chi connectivity index (χ2v) is 5.98. The molecule has 0 fully saturated rings. The Kier molecular flexibility index (Phi) is 11.2.